The molecular weight excluding hydrogens is 369 g/mol. The van der Waals surface area contributed by atoms with E-state index in [1.165, 1.54) is 18.5 Å². The molecular formula is C23H18FN3O2. The summed E-state index contributed by atoms with van der Waals surface area (Å²) in [7, 11) is 0. The minimum Gasteiger partial charge on any atom is -0.475 e. The smallest absolute Gasteiger partial charge is 0.373 e. The van der Waals surface area contributed by atoms with Crippen molar-refractivity contribution < 1.29 is 14.3 Å². The number of benzene rings is 2. The molecule has 29 heavy (non-hydrogen) atoms. The van der Waals surface area contributed by atoms with Crippen molar-refractivity contribution in [2.75, 3.05) is 0 Å². The van der Waals surface area contributed by atoms with Gasteiger partial charge < -0.3 is 5.11 Å². The van der Waals surface area contributed by atoms with Gasteiger partial charge in [-0.2, -0.15) is 0 Å². The Labute approximate surface area is 166 Å². The van der Waals surface area contributed by atoms with Gasteiger partial charge in [0.25, 0.3) is 0 Å². The topological polar surface area (TPSA) is 76.0 Å². The number of halogens is 1. The summed E-state index contributed by atoms with van der Waals surface area (Å²) < 4.78 is 14.6. The van der Waals surface area contributed by atoms with Crippen molar-refractivity contribution in [3.63, 3.8) is 0 Å². The van der Waals surface area contributed by atoms with E-state index in [2.05, 4.69) is 15.0 Å². The second-order valence-corrected chi connectivity index (χ2v) is 6.98. The molecule has 5 nitrogen and oxygen atoms in total. The van der Waals surface area contributed by atoms with Gasteiger partial charge in [0.2, 0.25) is 5.82 Å². The zero-order valence-corrected chi connectivity index (χ0v) is 16.2. The molecule has 0 bridgehead atoms. The van der Waals surface area contributed by atoms with Crippen LogP contribution in [0, 0.1) is 26.6 Å². The number of carboxylic acid groups (broad SMARTS) is 1. The standard InChI is InChI=1S/C23H18FN3O2/c1-12-8-19-21(14(3)20(12)15-10-25-22(23(28)29)26-11-15)17(9-13(2)27-19)16-6-4-5-7-18(16)24/h4-11H,1-3H3,(H,28,29). The Morgan fingerprint density at radius 2 is 1.69 bits per heavy atom. The van der Waals surface area contributed by atoms with Gasteiger partial charge in [0.1, 0.15) is 5.82 Å². The second-order valence-electron chi connectivity index (χ2n) is 6.98. The van der Waals surface area contributed by atoms with Gasteiger partial charge in [-0.1, -0.05) is 18.2 Å². The quantitative estimate of drug-likeness (QED) is 0.528. The molecule has 0 aliphatic carbocycles. The predicted molar refractivity (Wildman–Crippen MR) is 109 cm³/mol. The Morgan fingerprint density at radius 3 is 2.34 bits per heavy atom. The first-order valence-electron chi connectivity index (χ1n) is 9.09. The minimum absolute atomic E-state index is 0.255. The highest BCUT2D eigenvalue weighted by molar-refractivity contribution is 6.01. The van der Waals surface area contributed by atoms with Crippen LogP contribution in [0.25, 0.3) is 33.2 Å². The largest absolute Gasteiger partial charge is 0.475 e. The molecule has 1 N–H and O–H groups in total. The molecule has 6 heteroatoms. The van der Waals surface area contributed by atoms with Crippen LogP contribution < -0.4 is 0 Å². The summed E-state index contributed by atoms with van der Waals surface area (Å²) in [5.74, 6) is -1.73. The van der Waals surface area contributed by atoms with E-state index < -0.39 is 5.97 Å². The van der Waals surface area contributed by atoms with E-state index in [1.54, 1.807) is 12.1 Å². The number of pyridine rings is 1. The average molecular weight is 387 g/mol. The summed E-state index contributed by atoms with van der Waals surface area (Å²) in [5.41, 5.74) is 6.33. The first kappa shape index (κ1) is 18.7. The molecule has 0 saturated heterocycles. The van der Waals surface area contributed by atoms with Gasteiger partial charge in [0, 0.05) is 34.6 Å². The zero-order valence-electron chi connectivity index (χ0n) is 16.2. The molecule has 0 spiro atoms. The van der Waals surface area contributed by atoms with Gasteiger partial charge in [0.05, 0.1) is 5.52 Å². The van der Waals surface area contributed by atoms with E-state index in [1.807, 2.05) is 39.0 Å². The van der Waals surface area contributed by atoms with E-state index in [0.717, 1.165) is 38.9 Å². The Bertz CT molecular complexity index is 1270. The lowest BCUT2D eigenvalue weighted by Crippen LogP contribution is -2.04. The molecule has 144 valence electrons. The van der Waals surface area contributed by atoms with Crippen LogP contribution in [0.15, 0.2) is 48.8 Å². The third-order valence-corrected chi connectivity index (χ3v) is 4.97. The normalized spacial score (nSPS) is 11.0. The van der Waals surface area contributed by atoms with Crippen molar-refractivity contribution >= 4 is 16.9 Å². The third kappa shape index (κ3) is 3.23. The summed E-state index contributed by atoms with van der Waals surface area (Å²) in [4.78, 5) is 23.6. The summed E-state index contributed by atoms with van der Waals surface area (Å²) >= 11 is 0. The van der Waals surface area contributed by atoms with Crippen LogP contribution in [-0.2, 0) is 0 Å². The van der Waals surface area contributed by atoms with Crippen molar-refractivity contribution in [2.45, 2.75) is 20.8 Å². The molecule has 4 rings (SSSR count). The minimum atomic E-state index is -1.18. The predicted octanol–water partition coefficient (Wildman–Crippen LogP) is 5.12. The van der Waals surface area contributed by atoms with Gasteiger partial charge in [-0.05, 0) is 61.2 Å². The Kier molecular flexibility index (Phi) is 4.54. The Morgan fingerprint density at radius 1 is 1.00 bits per heavy atom. The van der Waals surface area contributed by atoms with E-state index in [0.29, 0.717) is 11.1 Å². The lowest BCUT2D eigenvalue weighted by molar-refractivity contribution is 0.0683. The molecule has 2 aromatic carbocycles. The first-order valence-corrected chi connectivity index (χ1v) is 9.09. The molecule has 0 radical (unpaired) electrons. The molecule has 2 heterocycles. The highest BCUT2D eigenvalue weighted by Crippen LogP contribution is 2.38. The number of carbonyl (C=O) groups is 1. The van der Waals surface area contributed by atoms with E-state index >= 15 is 0 Å². The molecule has 0 aliphatic heterocycles. The van der Waals surface area contributed by atoms with Crippen molar-refractivity contribution in [3.05, 3.63) is 77.3 Å². The lowest BCUT2D eigenvalue weighted by Gasteiger charge is -2.17. The summed E-state index contributed by atoms with van der Waals surface area (Å²) in [6, 6.07) is 10.5. The van der Waals surface area contributed by atoms with Crippen LogP contribution in [-0.4, -0.2) is 26.0 Å². The molecule has 0 amide bonds. The molecule has 0 saturated carbocycles. The fraction of sp³-hybridized carbons (Fsp3) is 0.130. The van der Waals surface area contributed by atoms with Crippen molar-refractivity contribution in [1.82, 2.24) is 15.0 Å². The monoisotopic (exact) mass is 387 g/mol. The number of aromatic nitrogens is 3. The van der Waals surface area contributed by atoms with Crippen LogP contribution >= 0.6 is 0 Å². The highest BCUT2D eigenvalue weighted by Gasteiger charge is 2.18. The molecule has 0 fully saturated rings. The van der Waals surface area contributed by atoms with Crippen molar-refractivity contribution in [1.29, 1.82) is 0 Å². The van der Waals surface area contributed by atoms with Crippen LogP contribution in [0.3, 0.4) is 0 Å². The molecule has 0 aliphatic rings. The van der Waals surface area contributed by atoms with Crippen molar-refractivity contribution in [2.24, 2.45) is 0 Å². The van der Waals surface area contributed by atoms with E-state index in [-0.39, 0.29) is 11.6 Å². The molecule has 2 aromatic heterocycles. The number of hydrogen-bond acceptors (Lipinski definition) is 4. The summed E-state index contributed by atoms with van der Waals surface area (Å²) in [6.07, 6.45) is 3.00. The van der Waals surface area contributed by atoms with Gasteiger partial charge in [0.15, 0.2) is 0 Å². The number of rotatable bonds is 3. The fourth-order valence-corrected chi connectivity index (χ4v) is 3.80. The SMILES string of the molecule is Cc1cc(-c2ccccc2F)c2c(C)c(-c3cnc(C(=O)O)nc3)c(C)cc2n1. The van der Waals surface area contributed by atoms with Gasteiger partial charge in [-0.3, -0.25) is 4.98 Å². The van der Waals surface area contributed by atoms with E-state index in [9.17, 15) is 9.18 Å². The highest BCUT2D eigenvalue weighted by atomic mass is 19.1. The first-order chi connectivity index (χ1) is 13.9. The number of carboxylic acids is 1. The molecule has 0 atom stereocenters. The number of aromatic carboxylic acids is 1. The summed E-state index contributed by atoms with van der Waals surface area (Å²) in [6.45, 7) is 5.80. The maximum atomic E-state index is 14.6. The Balaban J connectivity index is 2.04. The number of hydrogen-bond donors (Lipinski definition) is 1. The van der Waals surface area contributed by atoms with Gasteiger partial charge >= 0.3 is 5.97 Å². The van der Waals surface area contributed by atoms with Crippen LogP contribution in [0.2, 0.25) is 0 Å². The van der Waals surface area contributed by atoms with Crippen molar-refractivity contribution in [3.8, 4) is 22.3 Å². The maximum absolute atomic E-state index is 14.6. The van der Waals surface area contributed by atoms with Gasteiger partial charge in [-0.15, -0.1) is 0 Å². The second kappa shape index (κ2) is 7.05. The number of aryl methyl sites for hydroxylation is 3. The molecule has 4 aromatic rings. The third-order valence-electron chi connectivity index (χ3n) is 4.97. The fourth-order valence-electron chi connectivity index (χ4n) is 3.80. The molecule has 0 unspecified atom stereocenters. The van der Waals surface area contributed by atoms with Crippen LogP contribution in [0.1, 0.15) is 27.4 Å². The van der Waals surface area contributed by atoms with Crippen LogP contribution in [0.5, 0.6) is 0 Å². The summed E-state index contributed by atoms with van der Waals surface area (Å²) in [5, 5.41) is 9.89. The zero-order chi connectivity index (χ0) is 20.7. The number of fused-ring (bicyclic) bond motifs is 1. The number of nitrogens with zero attached hydrogens (tertiary/aromatic N) is 3. The maximum Gasteiger partial charge on any atom is 0.373 e. The van der Waals surface area contributed by atoms with E-state index in [4.69, 9.17) is 5.11 Å². The Hall–Kier alpha value is -3.67. The van der Waals surface area contributed by atoms with Crippen LogP contribution in [0.4, 0.5) is 4.39 Å². The lowest BCUT2D eigenvalue weighted by atomic mass is 9.89. The average Bonchev–Trinajstić information content (AvgIpc) is 2.67. The van der Waals surface area contributed by atoms with Gasteiger partial charge in [-0.25, -0.2) is 19.2 Å².